The van der Waals surface area contributed by atoms with Gasteiger partial charge in [0.05, 0.1) is 21.9 Å². The van der Waals surface area contributed by atoms with Crippen molar-refractivity contribution < 1.29 is 19.1 Å². The van der Waals surface area contributed by atoms with Crippen LogP contribution in [0.4, 0.5) is 0 Å². The first-order chi connectivity index (χ1) is 12.6. The van der Waals surface area contributed by atoms with Crippen molar-refractivity contribution in [1.29, 1.82) is 0 Å². The lowest BCUT2D eigenvalue weighted by atomic mass is 9.79. The third-order valence-electron chi connectivity index (χ3n) is 4.47. The molecule has 0 aromatic heterocycles. The molecule has 26 heavy (non-hydrogen) atoms. The van der Waals surface area contributed by atoms with Crippen molar-refractivity contribution in [2.24, 2.45) is 11.8 Å². The van der Waals surface area contributed by atoms with Crippen LogP contribution in [0.25, 0.3) is 0 Å². The minimum atomic E-state index is -0.560. The van der Waals surface area contributed by atoms with Crippen LogP contribution in [0.2, 0.25) is 10.0 Å². The average molecular weight is 393 g/mol. The van der Waals surface area contributed by atoms with E-state index in [0.29, 0.717) is 34.4 Å². The van der Waals surface area contributed by atoms with Crippen molar-refractivity contribution in [3.8, 4) is 11.5 Å². The molecule has 4 nitrogen and oxygen atoms in total. The van der Waals surface area contributed by atoms with Gasteiger partial charge in [-0.1, -0.05) is 60.3 Å². The van der Waals surface area contributed by atoms with Crippen LogP contribution < -0.4 is 9.47 Å². The van der Waals surface area contributed by atoms with Gasteiger partial charge in [-0.15, -0.1) is 0 Å². The van der Waals surface area contributed by atoms with E-state index in [0.717, 1.165) is 12.8 Å². The molecular formula is C20H18Cl2O4. The molecular weight excluding hydrogens is 375 g/mol. The number of esters is 2. The Morgan fingerprint density at radius 2 is 1.12 bits per heavy atom. The molecule has 1 saturated carbocycles. The van der Waals surface area contributed by atoms with Crippen LogP contribution in [0.15, 0.2) is 48.5 Å². The molecule has 1 fully saturated rings. The summed E-state index contributed by atoms with van der Waals surface area (Å²) >= 11 is 12.1. The molecule has 0 aliphatic heterocycles. The van der Waals surface area contributed by atoms with Gasteiger partial charge in [-0.2, -0.15) is 0 Å². The summed E-state index contributed by atoms with van der Waals surface area (Å²) in [6, 6.07) is 13.5. The van der Waals surface area contributed by atoms with Crippen LogP contribution in [0, 0.1) is 11.8 Å². The van der Waals surface area contributed by atoms with Crippen LogP contribution in [-0.2, 0) is 9.59 Å². The van der Waals surface area contributed by atoms with Crippen molar-refractivity contribution in [2.75, 3.05) is 0 Å². The second-order valence-electron chi connectivity index (χ2n) is 6.20. The van der Waals surface area contributed by atoms with Crippen molar-refractivity contribution in [3.63, 3.8) is 0 Å². The Bertz CT molecular complexity index is 738. The topological polar surface area (TPSA) is 52.6 Å². The molecule has 0 bridgehead atoms. The highest BCUT2D eigenvalue weighted by atomic mass is 35.5. The quantitative estimate of drug-likeness (QED) is 0.522. The Kier molecular flexibility index (Phi) is 6.17. The molecule has 3 rings (SSSR count). The number of benzene rings is 2. The number of carbonyl (C=O) groups excluding carboxylic acids is 2. The second-order valence-corrected chi connectivity index (χ2v) is 7.01. The van der Waals surface area contributed by atoms with Crippen LogP contribution in [0.1, 0.15) is 25.7 Å². The summed E-state index contributed by atoms with van der Waals surface area (Å²) in [7, 11) is 0. The maximum atomic E-state index is 12.6. The average Bonchev–Trinajstić information content (AvgIpc) is 2.65. The zero-order valence-electron chi connectivity index (χ0n) is 14.0. The smallest absolute Gasteiger partial charge is 0.315 e. The zero-order chi connectivity index (χ0) is 18.5. The highest BCUT2D eigenvalue weighted by Crippen LogP contribution is 2.34. The van der Waals surface area contributed by atoms with Crippen molar-refractivity contribution >= 4 is 35.1 Å². The molecule has 2 aromatic rings. The van der Waals surface area contributed by atoms with Crippen LogP contribution >= 0.6 is 23.2 Å². The molecule has 0 spiro atoms. The van der Waals surface area contributed by atoms with E-state index in [1.54, 1.807) is 48.5 Å². The molecule has 0 saturated heterocycles. The first-order valence-electron chi connectivity index (χ1n) is 8.48. The first-order valence-corrected chi connectivity index (χ1v) is 9.24. The summed E-state index contributed by atoms with van der Waals surface area (Å²) < 4.78 is 10.9. The molecule has 2 atom stereocenters. The molecule has 0 amide bonds. The molecule has 1 aliphatic rings. The van der Waals surface area contributed by atoms with E-state index in [2.05, 4.69) is 0 Å². The van der Waals surface area contributed by atoms with E-state index in [1.807, 2.05) is 0 Å². The van der Waals surface area contributed by atoms with E-state index in [-0.39, 0.29) is 0 Å². The van der Waals surface area contributed by atoms with Crippen LogP contribution in [0.5, 0.6) is 11.5 Å². The lowest BCUT2D eigenvalue weighted by molar-refractivity contribution is -0.152. The number of ether oxygens (including phenoxy) is 2. The Balaban J connectivity index is 1.73. The highest BCUT2D eigenvalue weighted by molar-refractivity contribution is 6.32. The standard InChI is InChI=1S/C20H18Cl2O4/c21-15-9-3-5-11-17(15)25-19(23)13-7-1-2-8-14(13)20(24)26-18-12-6-4-10-16(18)22/h3-6,9-14H,1-2,7-8H2. The minimum Gasteiger partial charge on any atom is -0.425 e. The van der Waals surface area contributed by atoms with E-state index >= 15 is 0 Å². The largest absolute Gasteiger partial charge is 0.425 e. The Morgan fingerprint density at radius 1 is 0.731 bits per heavy atom. The first kappa shape index (κ1) is 18.7. The molecule has 2 unspecified atom stereocenters. The number of para-hydroxylation sites is 2. The second kappa shape index (κ2) is 8.56. The van der Waals surface area contributed by atoms with Gasteiger partial charge in [0, 0.05) is 0 Å². The number of hydrogen-bond acceptors (Lipinski definition) is 4. The highest BCUT2D eigenvalue weighted by Gasteiger charge is 2.38. The van der Waals surface area contributed by atoms with Gasteiger partial charge in [-0.3, -0.25) is 9.59 Å². The summed E-state index contributed by atoms with van der Waals surface area (Å²) in [6.45, 7) is 0. The van der Waals surface area contributed by atoms with Crippen LogP contribution in [0.3, 0.4) is 0 Å². The molecule has 6 heteroatoms. The Hall–Kier alpha value is -2.04. The van der Waals surface area contributed by atoms with Gasteiger partial charge in [0.15, 0.2) is 0 Å². The normalized spacial score (nSPS) is 19.6. The van der Waals surface area contributed by atoms with E-state index in [9.17, 15) is 9.59 Å². The van der Waals surface area contributed by atoms with Gasteiger partial charge in [-0.05, 0) is 37.1 Å². The molecule has 2 aromatic carbocycles. The number of halogens is 2. The maximum Gasteiger partial charge on any atom is 0.315 e. The lowest BCUT2D eigenvalue weighted by Crippen LogP contribution is -2.37. The lowest BCUT2D eigenvalue weighted by Gasteiger charge is -2.28. The Morgan fingerprint density at radius 3 is 1.50 bits per heavy atom. The minimum absolute atomic E-state index is 0.294. The third kappa shape index (κ3) is 4.37. The van der Waals surface area contributed by atoms with Gasteiger partial charge in [0.1, 0.15) is 11.5 Å². The summed E-state index contributed by atoms with van der Waals surface area (Å²) in [5, 5.41) is 0.707. The summed E-state index contributed by atoms with van der Waals surface area (Å²) in [4.78, 5) is 25.3. The van der Waals surface area contributed by atoms with Crippen molar-refractivity contribution in [3.05, 3.63) is 58.6 Å². The van der Waals surface area contributed by atoms with Crippen molar-refractivity contribution in [1.82, 2.24) is 0 Å². The summed E-state index contributed by atoms with van der Waals surface area (Å²) in [6.07, 6.45) is 2.87. The van der Waals surface area contributed by atoms with Crippen LogP contribution in [-0.4, -0.2) is 11.9 Å². The molecule has 1 aliphatic carbocycles. The SMILES string of the molecule is O=C(Oc1ccccc1Cl)C1CCCCC1C(=O)Oc1ccccc1Cl. The zero-order valence-corrected chi connectivity index (χ0v) is 15.5. The van der Waals surface area contributed by atoms with Gasteiger partial charge in [0.25, 0.3) is 0 Å². The summed E-state index contributed by atoms with van der Waals surface area (Å²) in [5.74, 6) is -1.45. The maximum absolute atomic E-state index is 12.6. The predicted octanol–water partition coefficient (Wildman–Crippen LogP) is 5.31. The van der Waals surface area contributed by atoms with Gasteiger partial charge in [-0.25, -0.2) is 0 Å². The number of hydrogen-bond donors (Lipinski definition) is 0. The summed E-state index contributed by atoms with van der Waals surface area (Å²) in [5.41, 5.74) is 0. The molecule has 0 radical (unpaired) electrons. The molecule has 136 valence electrons. The van der Waals surface area contributed by atoms with E-state index in [4.69, 9.17) is 32.7 Å². The molecule has 0 N–H and O–H groups in total. The Labute approximate surface area is 162 Å². The van der Waals surface area contributed by atoms with Crippen molar-refractivity contribution in [2.45, 2.75) is 25.7 Å². The fraction of sp³-hybridized carbons (Fsp3) is 0.300. The van der Waals surface area contributed by atoms with Gasteiger partial charge in [0.2, 0.25) is 0 Å². The monoisotopic (exact) mass is 392 g/mol. The fourth-order valence-corrected chi connectivity index (χ4v) is 3.47. The van der Waals surface area contributed by atoms with E-state index < -0.39 is 23.8 Å². The third-order valence-corrected chi connectivity index (χ3v) is 5.09. The molecule has 0 heterocycles. The number of rotatable bonds is 4. The fourth-order valence-electron chi connectivity index (χ4n) is 3.12. The van der Waals surface area contributed by atoms with E-state index in [1.165, 1.54) is 0 Å². The number of carbonyl (C=O) groups is 2. The van der Waals surface area contributed by atoms with Gasteiger partial charge >= 0.3 is 11.9 Å². The van der Waals surface area contributed by atoms with Gasteiger partial charge < -0.3 is 9.47 Å². The predicted molar refractivity (Wildman–Crippen MR) is 99.6 cm³/mol.